The smallest absolute Gasteiger partial charge is 0.410 e. The molecule has 0 aromatic rings. The second-order valence-corrected chi connectivity index (χ2v) is 7.06. The lowest BCUT2D eigenvalue weighted by Gasteiger charge is -2.22. The number of carbonyl (C=O) groups is 4. The predicted molar refractivity (Wildman–Crippen MR) is 93.6 cm³/mol. The second-order valence-electron chi connectivity index (χ2n) is 7.06. The van der Waals surface area contributed by atoms with E-state index in [4.69, 9.17) is 19.7 Å². The van der Waals surface area contributed by atoms with E-state index in [-0.39, 0.29) is 12.8 Å². The third-order valence-electron chi connectivity index (χ3n) is 2.97. The fraction of sp³-hybridized carbons (Fsp3) is 0.706. The van der Waals surface area contributed by atoms with Crippen molar-refractivity contribution in [3.8, 4) is 0 Å². The Labute approximate surface area is 158 Å². The van der Waals surface area contributed by atoms with Crippen molar-refractivity contribution in [2.75, 3.05) is 0 Å². The number of esters is 2. The van der Waals surface area contributed by atoms with Crippen LogP contribution in [0, 0.1) is 5.41 Å². The average Bonchev–Trinajstić information content (AvgIpc) is 2.49. The van der Waals surface area contributed by atoms with Crippen LogP contribution in [0.15, 0.2) is 0 Å². The van der Waals surface area contributed by atoms with Gasteiger partial charge in [0.05, 0.1) is 11.5 Å². The van der Waals surface area contributed by atoms with Gasteiger partial charge in [-0.25, -0.2) is 9.59 Å². The summed E-state index contributed by atoms with van der Waals surface area (Å²) in [7, 11) is 0. The molecule has 1 N–H and O–H groups in total. The van der Waals surface area contributed by atoms with Crippen molar-refractivity contribution in [3.05, 3.63) is 5.53 Å². The van der Waals surface area contributed by atoms with Gasteiger partial charge in [-0.05, 0) is 41.0 Å². The first-order chi connectivity index (χ1) is 12.4. The summed E-state index contributed by atoms with van der Waals surface area (Å²) in [5.74, 6) is -1.86. The maximum atomic E-state index is 12.1. The van der Waals surface area contributed by atoms with Gasteiger partial charge < -0.3 is 25.1 Å². The lowest BCUT2D eigenvalue weighted by molar-refractivity contribution is -0.174. The first-order valence-corrected chi connectivity index (χ1v) is 8.45. The van der Waals surface area contributed by atoms with Crippen LogP contribution in [0.1, 0.15) is 54.4 Å². The van der Waals surface area contributed by atoms with E-state index in [0.29, 0.717) is 6.21 Å². The summed E-state index contributed by atoms with van der Waals surface area (Å²) in [6.45, 7) is 9.55. The van der Waals surface area contributed by atoms with Crippen LogP contribution < -0.4 is 5.32 Å². The van der Waals surface area contributed by atoms with Crippen LogP contribution in [-0.4, -0.2) is 53.3 Å². The molecule has 1 amide bonds. The number of Topliss-reactive ketones (excluding diaryl/α,β-unsaturated/α-hetero) is 1. The molecular weight excluding hydrogens is 358 g/mol. The number of carbonyl (C=O) groups excluding carboxylic acids is 4. The molecule has 0 aliphatic rings. The summed E-state index contributed by atoms with van der Waals surface area (Å²) in [5.41, 5.74) is 7.56. The molecule has 0 radical (unpaired) electrons. The number of alkyl carbamates (subject to hydrolysis) is 1. The van der Waals surface area contributed by atoms with Gasteiger partial charge in [-0.2, -0.15) is 4.79 Å². The summed E-state index contributed by atoms with van der Waals surface area (Å²) < 4.78 is 14.9. The minimum Gasteiger partial charge on any atom is -0.461 e. The van der Waals surface area contributed by atoms with E-state index >= 15 is 0 Å². The van der Waals surface area contributed by atoms with Crippen LogP contribution >= 0.6 is 0 Å². The predicted octanol–water partition coefficient (Wildman–Crippen LogP) is 1.62. The van der Waals surface area contributed by atoms with Crippen LogP contribution in [0.25, 0.3) is 5.53 Å². The van der Waals surface area contributed by atoms with Gasteiger partial charge in [0.2, 0.25) is 12.1 Å². The Bertz CT molecular complexity index is 604. The molecule has 10 heteroatoms. The highest BCUT2D eigenvalue weighted by Crippen LogP contribution is 2.16. The molecule has 0 aromatic carbocycles. The maximum Gasteiger partial charge on any atom is 0.410 e. The summed E-state index contributed by atoms with van der Waals surface area (Å²) >= 11 is 0. The standard InChI is InChI=1S/C17H27N3O7/c1-10(2)25-14(22)13(8-7-12(21)9-19-18)20-16(24)27-11(3)26-15(23)17(4,5)6/h9-11,13H,7-8H2,1-6H3,(H,20,24)/t11?,13-/m0/s1. The quantitative estimate of drug-likeness (QED) is 0.209. The Morgan fingerprint density at radius 1 is 1.07 bits per heavy atom. The first-order valence-electron chi connectivity index (χ1n) is 8.45. The van der Waals surface area contributed by atoms with E-state index in [1.165, 1.54) is 6.92 Å². The number of hydrogen-bond acceptors (Lipinski definition) is 7. The molecule has 0 saturated carbocycles. The van der Waals surface area contributed by atoms with E-state index in [0.717, 1.165) is 0 Å². The molecule has 0 spiro atoms. The maximum absolute atomic E-state index is 12.1. The van der Waals surface area contributed by atoms with Crippen molar-refractivity contribution in [2.24, 2.45) is 5.41 Å². The van der Waals surface area contributed by atoms with Gasteiger partial charge >= 0.3 is 24.2 Å². The number of nitrogens with zero attached hydrogens (tertiary/aromatic N) is 2. The van der Waals surface area contributed by atoms with Crippen molar-refractivity contribution in [2.45, 2.75) is 72.8 Å². The number of amides is 1. The fourth-order valence-electron chi connectivity index (χ4n) is 1.66. The number of ketones is 1. The molecule has 0 fully saturated rings. The summed E-state index contributed by atoms with van der Waals surface area (Å²) in [5, 5.41) is 2.28. The van der Waals surface area contributed by atoms with Crippen LogP contribution in [0.4, 0.5) is 4.79 Å². The van der Waals surface area contributed by atoms with Crippen molar-refractivity contribution in [1.82, 2.24) is 5.32 Å². The highest BCUT2D eigenvalue weighted by Gasteiger charge is 2.28. The Balaban J connectivity index is 4.85. The minimum absolute atomic E-state index is 0.0956. The summed E-state index contributed by atoms with van der Waals surface area (Å²) in [6, 6.07) is -1.17. The Hall–Kier alpha value is -2.74. The summed E-state index contributed by atoms with van der Waals surface area (Å²) in [6.07, 6.45) is -2.20. The molecule has 10 nitrogen and oxygen atoms in total. The number of hydrogen-bond donors (Lipinski definition) is 1. The fourth-order valence-corrected chi connectivity index (χ4v) is 1.66. The average molecular weight is 385 g/mol. The highest BCUT2D eigenvalue weighted by atomic mass is 16.7. The third-order valence-corrected chi connectivity index (χ3v) is 2.97. The largest absolute Gasteiger partial charge is 0.461 e. The van der Waals surface area contributed by atoms with Gasteiger partial charge in [-0.1, -0.05) is 0 Å². The molecule has 27 heavy (non-hydrogen) atoms. The zero-order chi connectivity index (χ0) is 21.2. The van der Waals surface area contributed by atoms with E-state index in [9.17, 15) is 19.2 Å². The van der Waals surface area contributed by atoms with Crippen molar-refractivity contribution >= 4 is 30.0 Å². The van der Waals surface area contributed by atoms with Gasteiger partial charge in [-0.3, -0.25) is 9.59 Å². The SMILES string of the molecule is CC(C)OC(=O)[C@H](CCC(=O)C=[N+]=[N-])NC(=O)OC(C)OC(=O)C(C)(C)C. The Kier molecular flexibility index (Phi) is 9.95. The molecule has 0 rings (SSSR count). The zero-order valence-electron chi connectivity index (χ0n) is 16.5. The van der Waals surface area contributed by atoms with Gasteiger partial charge in [0.15, 0.2) is 0 Å². The normalized spacial score (nSPS) is 13.0. The van der Waals surface area contributed by atoms with E-state index in [2.05, 4.69) is 10.1 Å². The molecule has 0 heterocycles. The number of ether oxygens (including phenoxy) is 3. The van der Waals surface area contributed by atoms with Gasteiger partial charge in [-0.15, -0.1) is 0 Å². The lowest BCUT2D eigenvalue weighted by Crippen LogP contribution is -2.44. The number of rotatable bonds is 9. The molecule has 152 valence electrons. The first kappa shape index (κ1) is 24.3. The van der Waals surface area contributed by atoms with Crippen molar-refractivity contribution in [3.63, 3.8) is 0 Å². The lowest BCUT2D eigenvalue weighted by atomic mass is 9.97. The van der Waals surface area contributed by atoms with Crippen LogP contribution in [0.2, 0.25) is 0 Å². The second kappa shape index (κ2) is 11.1. The van der Waals surface area contributed by atoms with Crippen molar-refractivity contribution in [1.29, 1.82) is 0 Å². The molecule has 2 atom stereocenters. The molecular formula is C17H27N3O7. The third kappa shape index (κ3) is 10.8. The minimum atomic E-state index is -1.18. The zero-order valence-corrected chi connectivity index (χ0v) is 16.5. The van der Waals surface area contributed by atoms with E-state index in [1.807, 2.05) is 0 Å². The highest BCUT2D eigenvalue weighted by molar-refractivity contribution is 6.25. The Morgan fingerprint density at radius 3 is 2.15 bits per heavy atom. The Morgan fingerprint density at radius 2 is 1.67 bits per heavy atom. The topological polar surface area (TPSA) is 144 Å². The summed E-state index contributed by atoms with van der Waals surface area (Å²) in [4.78, 5) is 49.8. The van der Waals surface area contributed by atoms with E-state index in [1.54, 1.807) is 34.6 Å². The molecule has 0 saturated heterocycles. The molecule has 0 aliphatic heterocycles. The molecule has 1 unspecified atom stereocenters. The van der Waals surface area contributed by atoms with Crippen LogP contribution in [-0.2, 0) is 28.6 Å². The van der Waals surface area contributed by atoms with Crippen LogP contribution in [0.3, 0.4) is 0 Å². The monoisotopic (exact) mass is 385 g/mol. The molecule has 0 aromatic heterocycles. The van der Waals surface area contributed by atoms with E-state index < -0.39 is 47.7 Å². The van der Waals surface area contributed by atoms with Gasteiger partial charge in [0, 0.05) is 13.3 Å². The van der Waals surface area contributed by atoms with Gasteiger partial charge in [0.25, 0.3) is 0 Å². The van der Waals surface area contributed by atoms with Crippen molar-refractivity contribution < 1.29 is 38.2 Å². The van der Waals surface area contributed by atoms with Gasteiger partial charge in [0.1, 0.15) is 6.04 Å². The molecule has 0 bridgehead atoms. The van der Waals surface area contributed by atoms with Crippen LogP contribution in [0.5, 0.6) is 0 Å². The number of nitrogens with one attached hydrogen (secondary N) is 1. The molecule has 0 aliphatic carbocycles.